The molecular weight excluding hydrogens is 438 g/mol. The van der Waals surface area contributed by atoms with Crippen LogP contribution in [0.25, 0.3) is 0 Å². The van der Waals surface area contributed by atoms with Crippen LogP contribution in [0.1, 0.15) is 44.7 Å². The van der Waals surface area contributed by atoms with E-state index in [9.17, 15) is 18.0 Å². The van der Waals surface area contributed by atoms with Crippen molar-refractivity contribution >= 4 is 27.5 Å². The van der Waals surface area contributed by atoms with E-state index in [1.807, 2.05) is 56.3 Å². The Morgan fingerprint density at radius 2 is 1.64 bits per heavy atom. The zero-order valence-corrected chi connectivity index (χ0v) is 20.8. The van der Waals surface area contributed by atoms with E-state index in [0.717, 1.165) is 34.5 Å². The number of carbonyl (C=O) groups is 2. The lowest BCUT2D eigenvalue weighted by Crippen LogP contribution is -2.51. The molecule has 2 amide bonds. The largest absolute Gasteiger partial charge is 0.354 e. The van der Waals surface area contributed by atoms with Gasteiger partial charge in [0, 0.05) is 13.1 Å². The summed E-state index contributed by atoms with van der Waals surface area (Å²) in [4.78, 5) is 27.7. The lowest BCUT2D eigenvalue weighted by atomic mass is 10.1. The molecule has 8 heteroatoms. The second-order valence-corrected chi connectivity index (χ2v) is 9.99. The molecule has 2 aromatic carbocycles. The number of benzene rings is 2. The molecule has 2 aromatic rings. The van der Waals surface area contributed by atoms with E-state index in [1.165, 1.54) is 4.90 Å². The van der Waals surface area contributed by atoms with E-state index >= 15 is 0 Å². The van der Waals surface area contributed by atoms with E-state index in [4.69, 9.17) is 0 Å². The third kappa shape index (κ3) is 7.60. The number of nitrogens with one attached hydrogen (secondary N) is 1. The number of hydrogen-bond acceptors (Lipinski definition) is 4. The number of aryl methyl sites for hydroxylation is 1. The van der Waals surface area contributed by atoms with E-state index in [1.54, 1.807) is 19.1 Å². The van der Waals surface area contributed by atoms with E-state index in [2.05, 4.69) is 5.32 Å². The highest BCUT2D eigenvalue weighted by Gasteiger charge is 2.30. The second kappa shape index (κ2) is 12.4. The van der Waals surface area contributed by atoms with Gasteiger partial charge in [0.15, 0.2) is 0 Å². The summed E-state index contributed by atoms with van der Waals surface area (Å²) < 4.78 is 26.5. The van der Waals surface area contributed by atoms with Gasteiger partial charge in [-0.25, -0.2) is 8.42 Å². The van der Waals surface area contributed by atoms with Crippen LogP contribution in [-0.4, -0.2) is 50.5 Å². The highest BCUT2D eigenvalue weighted by atomic mass is 32.2. The Kier molecular flexibility index (Phi) is 9.91. The van der Waals surface area contributed by atoms with Crippen LogP contribution in [-0.2, 0) is 32.6 Å². The van der Waals surface area contributed by atoms with Crippen LogP contribution in [0.3, 0.4) is 0 Å². The molecular formula is C25H35N3O4S. The smallest absolute Gasteiger partial charge is 0.244 e. The number of carbonyl (C=O) groups excluding carboxylic acids is 2. The zero-order chi connectivity index (χ0) is 24.4. The summed E-state index contributed by atoms with van der Waals surface area (Å²) in [6.07, 6.45) is 3.51. The molecule has 0 saturated heterocycles. The van der Waals surface area contributed by atoms with Crippen molar-refractivity contribution in [2.45, 2.75) is 52.6 Å². The quantitative estimate of drug-likeness (QED) is 0.479. The third-order valence-corrected chi connectivity index (χ3v) is 6.64. The van der Waals surface area contributed by atoms with E-state index < -0.39 is 22.0 Å². The zero-order valence-electron chi connectivity index (χ0n) is 20.0. The van der Waals surface area contributed by atoms with E-state index in [0.29, 0.717) is 18.7 Å². The molecule has 0 fully saturated rings. The Balaban J connectivity index is 2.35. The average molecular weight is 474 g/mol. The summed E-state index contributed by atoms with van der Waals surface area (Å²) in [5, 5.41) is 2.87. The van der Waals surface area contributed by atoms with Crippen molar-refractivity contribution in [1.29, 1.82) is 0 Å². The average Bonchev–Trinajstić information content (AvgIpc) is 2.80. The maximum atomic E-state index is 13.5. The first-order chi connectivity index (χ1) is 15.7. The molecule has 0 heterocycles. The van der Waals surface area contributed by atoms with Gasteiger partial charge in [-0.15, -0.1) is 0 Å². The molecule has 0 radical (unpaired) electrons. The number of sulfonamides is 1. The fourth-order valence-corrected chi connectivity index (χ4v) is 4.43. The van der Waals surface area contributed by atoms with Gasteiger partial charge >= 0.3 is 0 Å². The standard InChI is InChI=1S/C25H35N3O4S/c1-5-7-17-26-25(30)20(3)27(18-21-13-9-8-10-14-21)24(29)19-28(33(4,31)32)23-16-12-11-15-22(23)6-2/h8-16,20H,5-7,17-19H2,1-4H3,(H,26,30)/t20-/m1/s1. The van der Waals surface area contributed by atoms with Gasteiger partial charge in [0.2, 0.25) is 21.8 Å². The number of nitrogens with zero attached hydrogens (tertiary/aromatic N) is 2. The predicted molar refractivity (Wildman–Crippen MR) is 132 cm³/mol. The number of unbranched alkanes of at least 4 members (excludes halogenated alkanes) is 1. The molecule has 7 nitrogen and oxygen atoms in total. The molecule has 0 spiro atoms. The summed E-state index contributed by atoms with van der Waals surface area (Å²) in [7, 11) is -3.73. The van der Waals surface area contributed by atoms with Crippen LogP contribution in [0.4, 0.5) is 5.69 Å². The first-order valence-corrected chi connectivity index (χ1v) is 13.2. The molecule has 0 unspecified atom stereocenters. The summed E-state index contributed by atoms with van der Waals surface area (Å²) in [6.45, 7) is 6.00. The topological polar surface area (TPSA) is 86.8 Å². The van der Waals surface area contributed by atoms with Crippen molar-refractivity contribution in [3.8, 4) is 0 Å². The fourth-order valence-electron chi connectivity index (χ4n) is 3.55. The number of hydrogen-bond donors (Lipinski definition) is 1. The second-order valence-electron chi connectivity index (χ2n) is 8.08. The fraction of sp³-hybridized carbons (Fsp3) is 0.440. The molecule has 33 heavy (non-hydrogen) atoms. The highest BCUT2D eigenvalue weighted by Crippen LogP contribution is 2.24. The Hall–Kier alpha value is -2.87. The van der Waals surface area contributed by atoms with Gasteiger partial charge in [0.1, 0.15) is 12.6 Å². The molecule has 180 valence electrons. The molecule has 0 saturated carbocycles. The van der Waals surface area contributed by atoms with E-state index in [-0.39, 0.29) is 19.0 Å². The third-order valence-electron chi connectivity index (χ3n) is 5.51. The number of amides is 2. The lowest BCUT2D eigenvalue weighted by molar-refractivity contribution is -0.139. The molecule has 0 aromatic heterocycles. The van der Waals surface area contributed by atoms with Gasteiger partial charge < -0.3 is 10.2 Å². The Morgan fingerprint density at radius 3 is 2.24 bits per heavy atom. The van der Waals surface area contributed by atoms with Crippen LogP contribution >= 0.6 is 0 Å². The number of rotatable bonds is 12. The van der Waals surface area contributed by atoms with Crippen molar-refractivity contribution in [1.82, 2.24) is 10.2 Å². The summed E-state index contributed by atoms with van der Waals surface area (Å²) in [5.74, 6) is -0.694. The minimum Gasteiger partial charge on any atom is -0.354 e. The van der Waals surface area contributed by atoms with Crippen molar-refractivity contribution in [2.75, 3.05) is 23.7 Å². The molecule has 0 bridgehead atoms. The summed E-state index contributed by atoms with van der Waals surface area (Å²) in [6, 6.07) is 15.8. The van der Waals surface area contributed by atoms with Gasteiger partial charge in [-0.2, -0.15) is 0 Å². The Morgan fingerprint density at radius 1 is 1.00 bits per heavy atom. The van der Waals surface area contributed by atoms with Crippen LogP contribution in [0.2, 0.25) is 0 Å². The van der Waals surface area contributed by atoms with Crippen LogP contribution < -0.4 is 9.62 Å². The number of anilines is 1. The van der Waals surface area contributed by atoms with Crippen molar-refractivity contribution in [3.05, 3.63) is 65.7 Å². The minimum absolute atomic E-state index is 0.203. The van der Waals surface area contributed by atoms with Crippen molar-refractivity contribution in [2.24, 2.45) is 0 Å². The molecule has 1 N–H and O–H groups in total. The first-order valence-electron chi connectivity index (χ1n) is 11.4. The summed E-state index contributed by atoms with van der Waals surface area (Å²) in [5.41, 5.74) is 2.17. The normalized spacial score (nSPS) is 12.1. The van der Waals surface area contributed by atoms with Crippen LogP contribution in [0, 0.1) is 0 Å². The molecule has 1 atom stereocenters. The Labute approximate surface area is 197 Å². The van der Waals surface area contributed by atoms with Crippen molar-refractivity contribution < 1.29 is 18.0 Å². The van der Waals surface area contributed by atoms with Gasteiger partial charge in [0.25, 0.3) is 0 Å². The maximum Gasteiger partial charge on any atom is 0.244 e. The number of para-hydroxylation sites is 1. The van der Waals surface area contributed by atoms with Gasteiger partial charge in [0.05, 0.1) is 11.9 Å². The predicted octanol–water partition coefficient (Wildman–Crippen LogP) is 3.35. The van der Waals surface area contributed by atoms with Crippen LogP contribution in [0.15, 0.2) is 54.6 Å². The molecule has 0 aliphatic carbocycles. The molecule has 2 rings (SSSR count). The van der Waals surface area contributed by atoms with Crippen LogP contribution in [0.5, 0.6) is 0 Å². The molecule has 0 aliphatic heterocycles. The Bertz CT molecular complexity index is 1020. The van der Waals surface area contributed by atoms with Gasteiger partial charge in [-0.1, -0.05) is 68.8 Å². The molecule has 0 aliphatic rings. The van der Waals surface area contributed by atoms with Gasteiger partial charge in [-0.3, -0.25) is 13.9 Å². The summed E-state index contributed by atoms with van der Waals surface area (Å²) >= 11 is 0. The maximum absolute atomic E-state index is 13.5. The first kappa shape index (κ1) is 26.4. The highest BCUT2D eigenvalue weighted by molar-refractivity contribution is 7.92. The monoisotopic (exact) mass is 473 g/mol. The lowest BCUT2D eigenvalue weighted by Gasteiger charge is -2.32. The van der Waals surface area contributed by atoms with Crippen molar-refractivity contribution in [3.63, 3.8) is 0 Å². The SMILES string of the molecule is CCCCNC(=O)[C@@H](C)N(Cc1ccccc1)C(=O)CN(c1ccccc1CC)S(C)(=O)=O. The minimum atomic E-state index is -3.73. The van der Waals surface area contributed by atoms with Gasteiger partial charge in [-0.05, 0) is 37.0 Å².